The van der Waals surface area contributed by atoms with Gasteiger partial charge < -0.3 is 4.98 Å². The SMILES string of the molecule is CC.CCC.CCCc1ccc(C)[nH]1.[HH]. The van der Waals surface area contributed by atoms with Crippen LogP contribution >= 0.6 is 0 Å². The molecule has 1 nitrogen and oxygen atoms in total. The topological polar surface area (TPSA) is 15.8 Å². The maximum absolute atomic E-state index is 3.28. The van der Waals surface area contributed by atoms with E-state index in [1.807, 2.05) is 13.8 Å². The summed E-state index contributed by atoms with van der Waals surface area (Å²) in [5.41, 5.74) is 2.62. The lowest BCUT2D eigenvalue weighted by Gasteiger charge is -1.89. The fourth-order valence-electron chi connectivity index (χ4n) is 0.977. The summed E-state index contributed by atoms with van der Waals surface area (Å²) < 4.78 is 0. The van der Waals surface area contributed by atoms with Crippen molar-refractivity contribution in [3.63, 3.8) is 0 Å². The maximum atomic E-state index is 3.28. The van der Waals surface area contributed by atoms with Crippen LogP contribution in [0.4, 0.5) is 0 Å². The molecule has 1 rings (SSSR count). The summed E-state index contributed by atoms with van der Waals surface area (Å²) in [5.74, 6) is 0. The zero-order valence-corrected chi connectivity index (χ0v) is 10.8. The molecule has 1 heterocycles. The molecule has 0 aliphatic carbocycles. The van der Waals surface area contributed by atoms with E-state index in [0.29, 0.717) is 0 Å². The van der Waals surface area contributed by atoms with Crippen LogP contribution in [0.2, 0.25) is 0 Å². The van der Waals surface area contributed by atoms with E-state index >= 15 is 0 Å². The lowest BCUT2D eigenvalue weighted by molar-refractivity contribution is 0.888. The Bertz CT molecular complexity index is 194. The van der Waals surface area contributed by atoms with Crippen LogP contribution in [-0.2, 0) is 6.42 Å². The Labute approximate surface area is 91.4 Å². The van der Waals surface area contributed by atoms with E-state index in [1.54, 1.807) is 0 Å². The van der Waals surface area contributed by atoms with Crippen LogP contribution in [0.25, 0.3) is 0 Å². The fourth-order valence-corrected chi connectivity index (χ4v) is 0.977. The van der Waals surface area contributed by atoms with Gasteiger partial charge in [0, 0.05) is 12.8 Å². The molecule has 0 atom stereocenters. The van der Waals surface area contributed by atoms with E-state index in [1.165, 1.54) is 30.7 Å². The van der Waals surface area contributed by atoms with Gasteiger partial charge in [0.15, 0.2) is 0 Å². The van der Waals surface area contributed by atoms with Crippen molar-refractivity contribution in [1.29, 1.82) is 0 Å². The molecular formula is C13H29N. The number of H-pyrrole nitrogens is 1. The van der Waals surface area contributed by atoms with Gasteiger partial charge in [-0.05, 0) is 25.5 Å². The highest BCUT2D eigenvalue weighted by molar-refractivity contribution is 5.11. The van der Waals surface area contributed by atoms with Gasteiger partial charge in [-0.1, -0.05) is 47.5 Å². The van der Waals surface area contributed by atoms with Crippen LogP contribution in [0.15, 0.2) is 12.1 Å². The Hall–Kier alpha value is -0.720. The number of rotatable bonds is 2. The molecule has 86 valence electrons. The van der Waals surface area contributed by atoms with Crippen molar-refractivity contribution < 1.29 is 1.43 Å². The number of hydrogen-bond donors (Lipinski definition) is 1. The molecular weight excluding hydrogens is 170 g/mol. The molecule has 0 amide bonds. The van der Waals surface area contributed by atoms with E-state index in [4.69, 9.17) is 0 Å². The monoisotopic (exact) mass is 199 g/mol. The van der Waals surface area contributed by atoms with E-state index in [2.05, 4.69) is 44.8 Å². The zero-order chi connectivity index (χ0) is 11.4. The predicted octanol–water partition coefficient (Wildman–Crippen LogP) is 4.96. The van der Waals surface area contributed by atoms with Gasteiger partial charge in [0.2, 0.25) is 0 Å². The summed E-state index contributed by atoms with van der Waals surface area (Å²) in [6.45, 7) is 12.5. The van der Waals surface area contributed by atoms with Crippen molar-refractivity contribution in [3.8, 4) is 0 Å². The molecule has 1 N–H and O–H groups in total. The third-order valence-electron chi connectivity index (χ3n) is 1.41. The van der Waals surface area contributed by atoms with Gasteiger partial charge in [0.05, 0.1) is 0 Å². The molecule has 0 fully saturated rings. The molecule has 0 saturated heterocycles. The minimum atomic E-state index is 0. The van der Waals surface area contributed by atoms with Crippen molar-refractivity contribution in [1.82, 2.24) is 4.98 Å². The first kappa shape index (κ1) is 15.7. The number of nitrogens with one attached hydrogen (secondary N) is 1. The molecule has 0 aliphatic rings. The standard InChI is InChI=1S/C8H13N.C3H8.C2H6.H2/c1-3-4-8-6-5-7(2)9-8;1-3-2;1-2;/h5-6,9H,3-4H2,1-2H3;3H2,1-2H3;1-2H3;1H. The van der Waals surface area contributed by atoms with Crippen molar-refractivity contribution in [2.24, 2.45) is 0 Å². The van der Waals surface area contributed by atoms with Crippen LogP contribution < -0.4 is 0 Å². The van der Waals surface area contributed by atoms with Gasteiger partial charge in [0.25, 0.3) is 0 Å². The average Bonchev–Trinajstić information content (AvgIpc) is 2.57. The van der Waals surface area contributed by atoms with Gasteiger partial charge in [-0.2, -0.15) is 0 Å². The van der Waals surface area contributed by atoms with Gasteiger partial charge in [-0.3, -0.25) is 0 Å². The number of aryl methyl sites for hydroxylation is 2. The van der Waals surface area contributed by atoms with Crippen molar-refractivity contribution in [2.45, 2.75) is 60.8 Å². The second kappa shape index (κ2) is 12.3. The maximum Gasteiger partial charge on any atom is 0.0149 e. The number of hydrogen-bond acceptors (Lipinski definition) is 0. The third kappa shape index (κ3) is 9.37. The molecule has 0 bridgehead atoms. The van der Waals surface area contributed by atoms with Crippen molar-refractivity contribution in [2.75, 3.05) is 0 Å². The van der Waals surface area contributed by atoms with Gasteiger partial charge in [-0.15, -0.1) is 0 Å². The highest BCUT2D eigenvalue weighted by Gasteiger charge is 1.90. The van der Waals surface area contributed by atoms with Crippen LogP contribution in [0, 0.1) is 6.92 Å². The second-order valence-electron chi connectivity index (χ2n) is 3.12. The summed E-state index contributed by atoms with van der Waals surface area (Å²) in [6.07, 6.45) is 3.65. The molecule has 1 aromatic rings. The summed E-state index contributed by atoms with van der Waals surface area (Å²) in [6, 6.07) is 4.27. The minimum Gasteiger partial charge on any atom is -0.363 e. The Balaban J connectivity index is -0.000000209. The number of aromatic amines is 1. The van der Waals surface area contributed by atoms with Crippen molar-refractivity contribution in [3.05, 3.63) is 23.5 Å². The second-order valence-corrected chi connectivity index (χ2v) is 3.12. The Morgan fingerprint density at radius 3 is 1.93 bits per heavy atom. The quantitative estimate of drug-likeness (QED) is 0.692. The molecule has 0 aliphatic heterocycles. The van der Waals surface area contributed by atoms with Gasteiger partial charge in [0.1, 0.15) is 0 Å². The molecule has 1 aromatic heterocycles. The summed E-state index contributed by atoms with van der Waals surface area (Å²) in [4.78, 5) is 3.28. The molecule has 14 heavy (non-hydrogen) atoms. The molecule has 1 heteroatoms. The van der Waals surface area contributed by atoms with Crippen LogP contribution in [0.1, 0.15) is 60.3 Å². The molecule has 0 spiro atoms. The van der Waals surface area contributed by atoms with Gasteiger partial charge >= 0.3 is 0 Å². The first-order valence-electron chi connectivity index (χ1n) is 5.89. The Morgan fingerprint density at radius 2 is 1.64 bits per heavy atom. The molecule has 0 radical (unpaired) electrons. The largest absolute Gasteiger partial charge is 0.363 e. The summed E-state index contributed by atoms with van der Waals surface area (Å²) in [7, 11) is 0. The van der Waals surface area contributed by atoms with Crippen molar-refractivity contribution >= 4 is 0 Å². The smallest absolute Gasteiger partial charge is 0.0149 e. The Morgan fingerprint density at radius 1 is 1.14 bits per heavy atom. The lowest BCUT2D eigenvalue weighted by atomic mass is 10.3. The normalized spacial score (nSPS) is 8.14. The van der Waals surface area contributed by atoms with E-state index < -0.39 is 0 Å². The molecule has 0 saturated carbocycles. The highest BCUT2D eigenvalue weighted by atomic mass is 14.7. The molecule has 0 unspecified atom stereocenters. The fraction of sp³-hybridized carbons (Fsp3) is 0.692. The van der Waals surface area contributed by atoms with E-state index in [-0.39, 0.29) is 1.43 Å². The average molecular weight is 199 g/mol. The van der Waals surface area contributed by atoms with Gasteiger partial charge in [-0.25, -0.2) is 0 Å². The van der Waals surface area contributed by atoms with E-state index in [0.717, 1.165) is 0 Å². The van der Waals surface area contributed by atoms with Crippen LogP contribution in [0.3, 0.4) is 0 Å². The summed E-state index contributed by atoms with van der Waals surface area (Å²) >= 11 is 0. The zero-order valence-electron chi connectivity index (χ0n) is 10.8. The third-order valence-corrected chi connectivity index (χ3v) is 1.41. The highest BCUT2D eigenvalue weighted by Crippen LogP contribution is 2.01. The van der Waals surface area contributed by atoms with E-state index in [9.17, 15) is 0 Å². The Kier molecular flexibility index (Phi) is 13.8. The predicted molar refractivity (Wildman–Crippen MR) is 69.0 cm³/mol. The van der Waals surface area contributed by atoms with Crippen LogP contribution in [0.5, 0.6) is 0 Å². The lowest BCUT2D eigenvalue weighted by Crippen LogP contribution is -1.81. The van der Waals surface area contributed by atoms with Crippen LogP contribution in [-0.4, -0.2) is 4.98 Å². The summed E-state index contributed by atoms with van der Waals surface area (Å²) in [5, 5.41) is 0. The first-order chi connectivity index (χ1) is 6.74. The number of aromatic nitrogens is 1. The minimum absolute atomic E-state index is 0. The first-order valence-corrected chi connectivity index (χ1v) is 5.89. The molecule has 0 aromatic carbocycles.